The molecular weight excluding hydrogens is 366 g/mol. The van der Waals surface area contributed by atoms with Gasteiger partial charge in [-0.3, -0.25) is 0 Å². The Labute approximate surface area is 136 Å². The Morgan fingerprint density at radius 2 is 1.32 bits per heavy atom. The highest BCUT2D eigenvalue weighted by Gasteiger charge is 2.99. The normalized spacial score (nSPS) is 45.2. The first kappa shape index (κ1) is 18.8. The van der Waals surface area contributed by atoms with Crippen LogP contribution in [0.15, 0.2) is 10.2 Å². The number of rotatable bonds is 3. The SMILES string of the molecule is CO[C@H]1O[C@@H](O)[C@H]2[C@@H]1[C@@]1(C(F)(F)F)N=N[C@]2(C(F)(F)F)C1(OC)OC. The molecule has 2 bridgehead atoms. The molecule has 0 aromatic rings. The van der Waals surface area contributed by atoms with Gasteiger partial charge in [-0.2, -0.15) is 36.6 Å². The third-order valence-corrected chi connectivity index (χ3v) is 5.27. The van der Waals surface area contributed by atoms with Crippen molar-refractivity contribution in [2.24, 2.45) is 22.1 Å². The van der Waals surface area contributed by atoms with Gasteiger partial charge in [-0.25, -0.2) is 0 Å². The molecular formula is C12H14F6N2O5. The monoisotopic (exact) mass is 380 g/mol. The molecule has 2 fully saturated rings. The average molecular weight is 380 g/mol. The first-order chi connectivity index (χ1) is 11.4. The maximum absolute atomic E-state index is 14.1. The summed E-state index contributed by atoms with van der Waals surface area (Å²) in [6.45, 7) is 0. The molecule has 25 heavy (non-hydrogen) atoms. The standard InChI is InChI=1S/C12H14F6N2O5/c1-22-7-5-4(6(21)25-7)8(11(13,14)15)10(23-2,24-3)9(5,20-19-8)12(16,17)18/h4-7,21H,1-3H3/t4-,5+,6-,7+,8+,9-/m1/s1. The zero-order valence-electron chi connectivity index (χ0n) is 13.1. The lowest BCUT2D eigenvalue weighted by Gasteiger charge is -2.44. The third kappa shape index (κ3) is 1.66. The van der Waals surface area contributed by atoms with Crippen molar-refractivity contribution in [3.63, 3.8) is 0 Å². The van der Waals surface area contributed by atoms with Crippen molar-refractivity contribution in [1.29, 1.82) is 0 Å². The van der Waals surface area contributed by atoms with Gasteiger partial charge < -0.3 is 24.1 Å². The number of hydrogen-bond donors (Lipinski definition) is 1. The van der Waals surface area contributed by atoms with Gasteiger partial charge in [-0.1, -0.05) is 0 Å². The molecule has 0 unspecified atom stereocenters. The molecule has 0 spiro atoms. The predicted octanol–water partition coefficient (Wildman–Crippen LogP) is 1.61. The molecule has 0 radical (unpaired) electrons. The van der Waals surface area contributed by atoms with Gasteiger partial charge in [0, 0.05) is 21.3 Å². The van der Waals surface area contributed by atoms with Crippen LogP contribution in [-0.2, 0) is 18.9 Å². The quantitative estimate of drug-likeness (QED) is 0.594. The second-order valence-corrected chi connectivity index (χ2v) is 5.94. The van der Waals surface area contributed by atoms with Crippen LogP contribution >= 0.6 is 0 Å². The maximum Gasteiger partial charge on any atom is 0.421 e. The molecule has 1 N–H and O–H groups in total. The Hall–Kier alpha value is -1.02. The van der Waals surface area contributed by atoms with Crippen LogP contribution in [0, 0.1) is 11.8 Å². The molecule has 6 atom stereocenters. The second-order valence-electron chi connectivity index (χ2n) is 5.94. The molecule has 0 aromatic heterocycles. The number of halogens is 6. The lowest BCUT2D eigenvalue weighted by atomic mass is 9.80. The van der Waals surface area contributed by atoms with Gasteiger partial charge in [-0.15, -0.1) is 0 Å². The first-order valence-electron chi connectivity index (χ1n) is 6.96. The van der Waals surface area contributed by atoms with Crippen molar-refractivity contribution in [2.45, 2.75) is 41.8 Å². The molecule has 2 heterocycles. The number of azo groups is 1. The van der Waals surface area contributed by atoms with E-state index >= 15 is 0 Å². The second kappa shape index (κ2) is 5.03. The smallest absolute Gasteiger partial charge is 0.367 e. The minimum absolute atomic E-state index is 0.636. The molecule has 144 valence electrons. The fraction of sp³-hybridized carbons (Fsp3) is 1.00. The van der Waals surface area contributed by atoms with Gasteiger partial charge >= 0.3 is 12.4 Å². The summed E-state index contributed by atoms with van der Waals surface area (Å²) in [7, 11) is 2.21. The van der Waals surface area contributed by atoms with Crippen LogP contribution in [0.5, 0.6) is 0 Å². The number of hydrogen-bond acceptors (Lipinski definition) is 7. The summed E-state index contributed by atoms with van der Waals surface area (Å²) in [4.78, 5) is 0. The Morgan fingerprint density at radius 3 is 1.68 bits per heavy atom. The summed E-state index contributed by atoms with van der Waals surface area (Å²) in [5.41, 5.74) is -7.21. The number of fused-ring (bicyclic) bond motifs is 5. The summed E-state index contributed by atoms with van der Waals surface area (Å²) >= 11 is 0. The Bertz CT molecular complexity index is 594. The van der Waals surface area contributed by atoms with Crippen LogP contribution in [-0.4, -0.2) is 68.2 Å². The highest BCUT2D eigenvalue weighted by atomic mass is 19.4. The van der Waals surface area contributed by atoms with Gasteiger partial charge in [0.05, 0.1) is 11.8 Å². The van der Waals surface area contributed by atoms with E-state index in [2.05, 4.69) is 10.2 Å². The highest BCUT2D eigenvalue weighted by Crippen LogP contribution is 2.75. The van der Waals surface area contributed by atoms with E-state index in [-0.39, 0.29) is 0 Å². The van der Waals surface area contributed by atoms with Crippen molar-refractivity contribution in [1.82, 2.24) is 0 Å². The fourth-order valence-corrected chi connectivity index (χ4v) is 4.50. The number of methoxy groups -OCH3 is 3. The van der Waals surface area contributed by atoms with Crippen LogP contribution in [0.3, 0.4) is 0 Å². The van der Waals surface area contributed by atoms with E-state index < -0.39 is 53.6 Å². The summed E-state index contributed by atoms with van der Waals surface area (Å²) in [6.07, 6.45) is -14.8. The Balaban J connectivity index is 2.40. The summed E-state index contributed by atoms with van der Waals surface area (Å²) in [5, 5.41) is 15.9. The van der Waals surface area contributed by atoms with Crippen molar-refractivity contribution in [3.05, 3.63) is 0 Å². The molecule has 1 aliphatic carbocycles. The molecule has 0 aromatic carbocycles. The van der Waals surface area contributed by atoms with Crippen LogP contribution in [0.4, 0.5) is 26.3 Å². The van der Waals surface area contributed by atoms with Crippen LogP contribution in [0.25, 0.3) is 0 Å². The topological polar surface area (TPSA) is 81.9 Å². The Morgan fingerprint density at radius 1 is 0.880 bits per heavy atom. The van der Waals surface area contributed by atoms with Gasteiger partial charge in [0.1, 0.15) is 0 Å². The van der Waals surface area contributed by atoms with Crippen molar-refractivity contribution in [3.8, 4) is 0 Å². The van der Waals surface area contributed by atoms with E-state index in [1.165, 1.54) is 0 Å². The van der Waals surface area contributed by atoms with E-state index in [0.717, 1.165) is 7.11 Å². The van der Waals surface area contributed by atoms with Gasteiger partial charge in [0.25, 0.3) is 0 Å². The molecule has 2 aliphatic heterocycles. The van der Waals surface area contributed by atoms with Gasteiger partial charge in [0.15, 0.2) is 12.6 Å². The third-order valence-electron chi connectivity index (χ3n) is 5.27. The molecule has 3 rings (SSSR count). The first-order valence-corrected chi connectivity index (χ1v) is 6.96. The van der Waals surface area contributed by atoms with Gasteiger partial charge in [0.2, 0.25) is 16.9 Å². The predicted molar refractivity (Wildman–Crippen MR) is 64.0 cm³/mol. The molecule has 1 saturated carbocycles. The Kier molecular flexibility index (Phi) is 3.77. The van der Waals surface area contributed by atoms with E-state index in [1.807, 2.05) is 0 Å². The van der Waals surface area contributed by atoms with Crippen molar-refractivity contribution < 1.29 is 50.4 Å². The highest BCUT2D eigenvalue weighted by molar-refractivity contribution is 5.37. The van der Waals surface area contributed by atoms with Crippen molar-refractivity contribution >= 4 is 0 Å². The maximum atomic E-state index is 14.1. The van der Waals surface area contributed by atoms with Crippen LogP contribution in [0.1, 0.15) is 0 Å². The van der Waals surface area contributed by atoms with E-state index in [4.69, 9.17) is 18.9 Å². The molecule has 1 saturated heterocycles. The van der Waals surface area contributed by atoms with Crippen molar-refractivity contribution in [2.75, 3.05) is 21.3 Å². The lowest BCUT2D eigenvalue weighted by Crippen LogP contribution is -2.71. The minimum atomic E-state index is -5.40. The summed E-state index contributed by atoms with van der Waals surface area (Å²) < 4.78 is 103. The van der Waals surface area contributed by atoms with E-state index in [9.17, 15) is 31.4 Å². The number of aliphatic hydroxyl groups is 1. The average Bonchev–Trinajstić information content (AvgIpc) is 3.08. The van der Waals surface area contributed by atoms with E-state index in [0.29, 0.717) is 14.2 Å². The summed E-state index contributed by atoms with van der Waals surface area (Å²) in [5.74, 6) is -7.67. The number of nitrogens with zero attached hydrogens (tertiary/aromatic N) is 2. The zero-order chi connectivity index (χ0) is 19.1. The largest absolute Gasteiger partial charge is 0.421 e. The number of ether oxygens (including phenoxy) is 4. The molecule has 0 amide bonds. The van der Waals surface area contributed by atoms with Crippen LogP contribution in [0.2, 0.25) is 0 Å². The lowest BCUT2D eigenvalue weighted by molar-refractivity contribution is -0.367. The zero-order valence-corrected chi connectivity index (χ0v) is 13.1. The number of aliphatic hydroxyl groups excluding tert-OH is 1. The van der Waals surface area contributed by atoms with Gasteiger partial charge in [-0.05, 0) is 0 Å². The van der Waals surface area contributed by atoms with Crippen LogP contribution < -0.4 is 0 Å². The molecule has 3 aliphatic rings. The minimum Gasteiger partial charge on any atom is -0.367 e. The molecule has 7 nitrogen and oxygen atoms in total. The number of alkyl halides is 6. The molecule has 13 heteroatoms. The van der Waals surface area contributed by atoms with E-state index in [1.54, 1.807) is 0 Å². The fourth-order valence-electron chi connectivity index (χ4n) is 4.50. The summed E-state index contributed by atoms with van der Waals surface area (Å²) in [6, 6.07) is 0.